The van der Waals surface area contributed by atoms with Crippen LogP contribution in [0.4, 0.5) is 5.69 Å². The number of carboxylic acids is 1. The second kappa shape index (κ2) is 7.49. The fraction of sp³-hybridized carbons (Fsp3) is 0.214. The SMILES string of the molecule is O=C(O)Cn1cc(NC(=O)CCSc2ccccc2)cn1. The standard InChI is InChI=1S/C14H15N3O3S/c18-13(6-7-21-12-4-2-1-3-5-12)16-11-8-15-17(9-11)10-14(19)20/h1-5,8-9H,6-7,10H2,(H,16,18)(H,19,20). The van der Waals surface area contributed by atoms with Crippen molar-refractivity contribution in [3.63, 3.8) is 0 Å². The van der Waals surface area contributed by atoms with Crippen LogP contribution in [0, 0.1) is 0 Å². The van der Waals surface area contributed by atoms with Gasteiger partial charge in [-0.3, -0.25) is 14.3 Å². The first kappa shape index (κ1) is 15.1. The smallest absolute Gasteiger partial charge is 0.325 e. The van der Waals surface area contributed by atoms with Gasteiger partial charge in [-0.25, -0.2) is 0 Å². The Hall–Kier alpha value is -2.28. The number of aromatic nitrogens is 2. The molecular weight excluding hydrogens is 290 g/mol. The number of aliphatic carboxylic acids is 1. The summed E-state index contributed by atoms with van der Waals surface area (Å²) in [5, 5.41) is 15.2. The van der Waals surface area contributed by atoms with Crippen LogP contribution in [0.2, 0.25) is 0 Å². The zero-order chi connectivity index (χ0) is 15.1. The maximum Gasteiger partial charge on any atom is 0.325 e. The third-order valence-electron chi connectivity index (χ3n) is 2.56. The van der Waals surface area contributed by atoms with E-state index in [1.165, 1.54) is 17.1 Å². The van der Waals surface area contributed by atoms with Gasteiger partial charge in [-0.2, -0.15) is 5.10 Å². The van der Waals surface area contributed by atoms with E-state index in [2.05, 4.69) is 10.4 Å². The molecule has 0 saturated heterocycles. The summed E-state index contributed by atoms with van der Waals surface area (Å²) in [6.07, 6.45) is 3.31. The molecule has 2 rings (SSSR count). The summed E-state index contributed by atoms with van der Waals surface area (Å²) in [6, 6.07) is 9.86. The third kappa shape index (κ3) is 5.31. The lowest BCUT2D eigenvalue weighted by molar-refractivity contribution is -0.137. The quantitative estimate of drug-likeness (QED) is 0.765. The molecule has 0 fully saturated rings. The van der Waals surface area contributed by atoms with Gasteiger partial charge in [0.15, 0.2) is 0 Å². The molecule has 0 unspecified atom stereocenters. The lowest BCUT2D eigenvalue weighted by Gasteiger charge is -2.02. The van der Waals surface area contributed by atoms with Crippen molar-refractivity contribution >= 4 is 29.3 Å². The van der Waals surface area contributed by atoms with Crippen LogP contribution in [0.5, 0.6) is 0 Å². The highest BCUT2D eigenvalue weighted by Crippen LogP contribution is 2.18. The van der Waals surface area contributed by atoms with E-state index < -0.39 is 5.97 Å². The fourth-order valence-corrected chi connectivity index (χ4v) is 2.53. The van der Waals surface area contributed by atoms with Gasteiger partial charge in [0.05, 0.1) is 11.9 Å². The number of rotatable bonds is 7. The lowest BCUT2D eigenvalue weighted by Crippen LogP contribution is -2.12. The zero-order valence-corrected chi connectivity index (χ0v) is 12.0. The van der Waals surface area contributed by atoms with Crippen molar-refractivity contribution in [2.75, 3.05) is 11.1 Å². The van der Waals surface area contributed by atoms with Gasteiger partial charge in [0.25, 0.3) is 0 Å². The monoisotopic (exact) mass is 305 g/mol. The van der Waals surface area contributed by atoms with Crippen molar-refractivity contribution in [2.24, 2.45) is 0 Å². The number of carbonyl (C=O) groups is 2. The number of hydrogen-bond acceptors (Lipinski definition) is 4. The first-order valence-electron chi connectivity index (χ1n) is 6.35. The van der Waals surface area contributed by atoms with Crippen LogP contribution in [0.1, 0.15) is 6.42 Å². The molecule has 1 aromatic heterocycles. The highest BCUT2D eigenvalue weighted by molar-refractivity contribution is 7.99. The number of carboxylic acid groups (broad SMARTS) is 1. The van der Waals surface area contributed by atoms with Crippen LogP contribution >= 0.6 is 11.8 Å². The molecule has 21 heavy (non-hydrogen) atoms. The molecule has 0 aliphatic rings. The number of nitrogens with one attached hydrogen (secondary N) is 1. The Labute approximate surface area is 126 Å². The summed E-state index contributed by atoms with van der Waals surface area (Å²) in [7, 11) is 0. The second-order valence-corrected chi connectivity index (χ2v) is 5.45. The van der Waals surface area contributed by atoms with Crippen LogP contribution in [-0.2, 0) is 16.1 Å². The minimum Gasteiger partial charge on any atom is -0.480 e. The van der Waals surface area contributed by atoms with Crippen LogP contribution in [-0.4, -0.2) is 32.5 Å². The summed E-state index contributed by atoms with van der Waals surface area (Å²) < 4.78 is 1.26. The highest BCUT2D eigenvalue weighted by Gasteiger charge is 2.06. The second-order valence-electron chi connectivity index (χ2n) is 4.28. The van der Waals surface area contributed by atoms with Gasteiger partial charge in [0.2, 0.25) is 5.91 Å². The van der Waals surface area contributed by atoms with E-state index in [-0.39, 0.29) is 12.5 Å². The summed E-state index contributed by atoms with van der Waals surface area (Å²) in [5.41, 5.74) is 0.506. The summed E-state index contributed by atoms with van der Waals surface area (Å²) in [5.74, 6) is -0.414. The van der Waals surface area contributed by atoms with E-state index in [1.807, 2.05) is 30.3 Å². The molecule has 0 bridgehead atoms. The van der Waals surface area contributed by atoms with E-state index in [9.17, 15) is 9.59 Å². The van der Waals surface area contributed by atoms with E-state index >= 15 is 0 Å². The van der Waals surface area contributed by atoms with E-state index in [0.29, 0.717) is 17.9 Å². The predicted molar refractivity (Wildman–Crippen MR) is 80.3 cm³/mol. The number of thioether (sulfide) groups is 1. The van der Waals surface area contributed by atoms with Gasteiger partial charge in [-0.05, 0) is 12.1 Å². The molecule has 2 N–H and O–H groups in total. The van der Waals surface area contributed by atoms with Crippen molar-refractivity contribution in [3.8, 4) is 0 Å². The van der Waals surface area contributed by atoms with Crippen molar-refractivity contribution in [1.29, 1.82) is 0 Å². The van der Waals surface area contributed by atoms with Gasteiger partial charge in [-0.1, -0.05) is 18.2 Å². The Balaban J connectivity index is 1.74. The predicted octanol–water partition coefficient (Wildman–Crippen LogP) is 2.09. The number of anilines is 1. The highest BCUT2D eigenvalue weighted by atomic mass is 32.2. The molecule has 0 spiro atoms. The van der Waals surface area contributed by atoms with Crippen LogP contribution in [0.25, 0.3) is 0 Å². The molecule has 1 aromatic carbocycles. The minimum atomic E-state index is -0.977. The topological polar surface area (TPSA) is 84.2 Å². The number of benzene rings is 1. The fourth-order valence-electron chi connectivity index (χ4n) is 1.65. The Morgan fingerprint density at radius 2 is 2.05 bits per heavy atom. The molecule has 2 aromatic rings. The van der Waals surface area contributed by atoms with Gasteiger partial charge < -0.3 is 10.4 Å². The number of nitrogens with zero attached hydrogens (tertiary/aromatic N) is 2. The average molecular weight is 305 g/mol. The molecule has 110 valence electrons. The van der Waals surface area contributed by atoms with Crippen LogP contribution < -0.4 is 5.32 Å². The number of hydrogen-bond donors (Lipinski definition) is 2. The maximum absolute atomic E-state index is 11.8. The molecule has 1 amide bonds. The van der Waals surface area contributed by atoms with Crippen LogP contribution in [0.15, 0.2) is 47.6 Å². The largest absolute Gasteiger partial charge is 0.480 e. The normalized spacial score (nSPS) is 10.3. The summed E-state index contributed by atoms with van der Waals surface area (Å²) in [6.45, 7) is -0.222. The summed E-state index contributed by atoms with van der Waals surface area (Å²) >= 11 is 1.61. The first-order valence-corrected chi connectivity index (χ1v) is 7.34. The van der Waals surface area contributed by atoms with Crippen LogP contribution in [0.3, 0.4) is 0 Å². The number of amides is 1. The molecular formula is C14H15N3O3S. The number of carbonyl (C=O) groups excluding carboxylic acids is 1. The average Bonchev–Trinajstić information content (AvgIpc) is 2.86. The minimum absolute atomic E-state index is 0.117. The molecule has 0 aliphatic heterocycles. The Morgan fingerprint density at radius 1 is 1.29 bits per heavy atom. The Kier molecular flexibility index (Phi) is 5.39. The van der Waals surface area contributed by atoms with E-state index in [4.69, 9.17) is 5.11 Å². The van der Waals surface area contributed by atoms with Crippen molar-refractivity contribution in [3.05, 3.63) is 42.7 Å². The zero-order valence-electron chi connectivity index (χ0n) is 11.2. The lowest BCUT2D eigenvalue weighted by atomic mass is 10.4. The van der Waals surface area contributed by atoms with E-state index in [1.54, 1.807) is 11.8 Å². The molecule has 0 atom stereocenters. The molecule has 6 nitrogen and oxygen atoms in total. The van der Waals surface area contributed by atoms with Gasteiger partial charge in [0, 0.05) is 23.3 Å². The van der Waals surface area contributed by atoms with Gasteiger partial charge in [-0.15, -0.1) is 11.8 Å². The van der Waals surface area contributed by atoms with Crippen molar-refractivity contribution in [1.82, 2.24) is 9.78 Å². The molecule has 0 saturated carbocycles. The molecule has 0 radical (unpaired) electrons. The van der Waals surface area contributed by atoms with E-state index in [0.717, 1.165) is 4.90 Å². The maximum atomic E-state index is 11.8. The Bertz CT molecular complexity index is 613. The molecule has 7 heteroatoms. The summed E-state index contributed by atoms with van der Waals surface area (Å²) in [4.78, 5) is 23.4. The first-order chi connectivity index (χ1) is 10.1. The van der Waals surface area contributed by atoms with Gasteiger partial charge >= 0.3 is 5.97 Å². The van der Waals surface area contributed by atoms with Crippen molar-refractivity contribution in [2.45, 2.75) is 17.9 Å². The van der Waals surface area contributed by atoms with Gasteiger partial charge in [0.1, 0.15) is 6.54 Å². The van der Waals surface area contributed by atoms with Crippen molar-refractivity contribution < 1.29 is 14.7 Å². The molecule has 0 aliphatic carbocycles. The molecule has 1 heterocycles. The Morgan fingerprint density at radius 3 is 2.76 bits per heavy atom. The third-order valence-corrected chi connectivity index (χ3v) is 3.57.